The molecule has 0 aliphatic rings. The van der Waals surface area contributed by atoms with E-state index in [1.807, 2.05) is 33.0 Å². The summed E-state index contributed by atoms with van der Waals surface area (Å²) in [5.74, 6) is -0.223. The minimum atomic E-state index is -0.223. The highest BCUT2D eigenvalue weighted by atomic mass is 19.1. The Morgan fingerprint density at radius 3 is 2.71 bits per heavy atom. The van der Waals surface area contributed by atoms with Gasteiger partial charge in [0.1, 0.15) is 5.82 Å². The lowest BCUT2D eigenvalue weighted by Crippen LogP contribution is -2.13. The zero-order valence-electron chi connectivity index (χ0n) is 10.2. The van der Waals surface area contributed by atoms with Crippen molar-refractivity contribution in [2.75, 3.05) is 5.32 Å². The van der Waals surface area contributed by atoms with Crippen LogP contribution in [0.4, 0.5) is 10.1 Å². The minimum Gasteiger partial charge on any atom is -0.374 e. The molecule has 0 aliphatic carbocycles. The maximum Gasteiger partial charge on any atom is 0.146 e. The molecule has 1 aromatic carbocycles. The van der Waals surface area contributed by atoms with Crippen LogP contribution in [0.2, 0.25) is 0 Å². The van der Waals surface area contributed by atoms with Crippen molar-refractivity contribution in [1.29, 1.82) is 0 Å². The molecule has 0 spiro atoms. The highest BCUT2D eigenvalue weighted by Gasteiger charge is 2.12. The lowest BCUT2D eigenvalue weighted by Gasteiger charge is -2.17. The van der Waals surface area contributed by atoms with Crippen molar-refractivity contribution in [1.82, 2.24) is 9.78 Å². The topological polar surface area (TPSA) is 29.9 Å². The van der Waals surface area contributed by atoms with Crippen molar-refractivity contribution >= 4 is 5.69 Å². The number of anilines is 1. The fourth-order valence-corrected chi connectivity index (χ4v) is 1.91. The van der Waals surface area contributed by atoms with Crippen molar-refractivity contribution in [3.63, 3.8) is 0 Å². The summed E-state index contributed by atoms with van der Waals surface area (Å²) in [7, 11) is 1.88. The second-order valence-electron chi connectivity index (χ2n) is 4.18. The van der Waals surface area contributed by atoms with Gasteiger partial charge in [0.2, 0.25) is 0 Å². The van der Waals surface area contributed by atoms with E-state index in [-0.39, 0.29) is 11.9 Å². The average molecular weight is 233 g/mol. The smallest absolute Gasteiger partial charge is 0.146 e. The second kappa shape index (κ2) is 4.57. The van der Waals surface area contributed by atoms with Gasteiger partial charge in [0.15, 0.2) is 0 Å². The molecule has 2 aromatic rings. The number of hydrogen-bond acceptors (Lipinski definition) is 2. The van der Waals surface area contributed by atoms with Crippen LogP contribution in [0, 0.1) is 12.7 Å². The van der Waals surface area contributed by atoms with E-state index in [0.29, 0.717) is 5.69 Å². The van der Waals surface area contributed by atoms with Crippen LogP contribution < -0.4 is 5.32 Å². The molecule has 1 unspecified atom stereocenters. The molecule has 0 amide bonds. The molecule has 0 aliphatic heterocycles. The quantitative estimate of drug-likeness (QED) is 0.883. The summed E-state index contributed by atoms with van der Waals surface area (Å²) >= 11 is 0. The van der Waals surface area contributed by atoms with E-state index < -0.39 is 0 Å². The largest absolute Gasteiger partial charge is 0.374 e. The third-order valence-corrected chi connectivity index (χ3v) is 2.89. The number of benzene rings is 1. The van der Waals surface area contributed by atoms with E-state index in [9.17, 15) is 4.39 Å². The van der Waals surface area contributed by atoms with Crippen molar-refractivity contribution in [3.8, 4) is 0 Å². The summed E-state index contributed by atoms with van der Waals surface area (Å²) in [6.45, 7) is 3.88. The molecule has 1 heterocycles. The van der Waals surface area contributed by atoms with Gasteiger partial charge < -0.3 is 5.32 Å². The molecule has 0 saturated heterocycles. The van der Waals surface area contributed by atoms with Crippen molar-refractivity contribution in [2.45, 2.75) is 19.9 Å². The highest BCUT2D eigenvalue weighted by molar-refractivity contribution is 5.52. The van der Waals surface area contributed by atoms with Gasteiger partial charge in [0.05, 0.1) is 17.4 Å². The second-order valence-corrected chi connectivity index (χ2v) is 4.18. The van der Waals surface area contributed by atoms with Crippen LogP contribution in [0.3, 0.4) is 0 Å². The summed E-state index contributed by atoms with van der Waals surface area (Å²) in [5.41, 5.74) is 2.48. The molecule has 0 bridgehead atoms. The minimum absolute atomic E-state index is 0.0121. The third-order valence-electron chi connectivity index (χ3n) is 2.89. The van der Waals surface area contributed by atoms with Crippen LogP contribution in [-0.4, -0.2) is 9.78 Å². The van der Waals surface area contributed by atoms with Crippen molar-refractivity contribution < 1.29 is 4.39 Å². The lowest BCUT2D eigenvalue weighted by atomic mass is 10.1. The fraction of sp³-hybridized carbons (Fsp3) is 0.308. The molecule has 1 atom stereocenters. The fourth-order valence-electron chi connectivity index (χ4n) is 1.91. The first-order valence-electron chi connectivity index (χ1n) is 5.59. The van der Waals surface area contributed by atoms with E-state index in [2.05, 4.69) is 10.4 Å². The zero-order chi connectivity index (χ0) is 12.4. The predicted octanol–water partition coefficient (Wildman–Crippen LogP) is 3.04. The van der Waals surface area contributed by atoms with Gasteiger partial charge in [-0.3, -0.25) is 4.68 Å². The maximum absolute atomic E-state index is 13.7. The van der Waals surface area contributed by atoms with Gasteiger partial charge in [-0.1, -0.05) is 12.1 Å². The van der Waals surface area contributed by atoms with Crippen LogP contribution in [0.15, 0.2) is 30.5 Å². The molecule has 2 rings (SSSR count). The van der Waals surface area contributed by atoms with E-state index >= 15 is 0 Å². The first-order chi connectivity index (χ1) is 8.09. The number of aryl methyl sites for hydroxylation is 2. The average Bonchev–Trinajstić information content (AvgIpc) is 2.70. The molecule has 1 N–H and O–H groups in total. The Hall–Kier alpha value is -1.84. The van der Waals surface area contributed by atoms with Gasteiger partial charge in [-0.15, -0.1) is 0 Å². The Kier molecular flexibility index (Phi) is 3.13. The Balaban J connectivity index is 2.25. The number of rotatable bonds is 3. The number of hydrogen-bond donors (Lipinski definition) is 1. The Bertz CT molecular complexity index is 499. The molecular weight excluding hydrogens is 217 g/mol. The van der Waals surface area contributed by atoms with E-state index in [1.54, 1.807) is 16.9 Å². The van der Waals surface area contributed by atoms with Gasteiger partial charge in [0, 0.05) is 13.2 Å². The van der Waals surface area contributed by atoms with Crippen LogP contribution in [-0.2, 0) is 7.05 Å². The summed E-state index contributed by atoms with van der Waals surface area (Å²) < 4.78 is 15.5. The van der Waals surface area contributed by atoms with Crippen molar-refractivity contribution in [2.24, 2.45) is 7.05 Å². The van der Waals surface area contributed by atoms with Crippen molar-refractivity contribution in [3.05, 3.63) is 47.5 Å². The Labute approximate surface area is 100 Å². The van der Waals surface area contributed by atoms with Gasteiger partial charge in [-0.05, 0) is 31.5 Å². The van der Waals surface area contributed by atoms with E-state index in [4.69, 9.17) is 0 Å². The molecular formula is C13H16FN3. The molecule has 4 heteroatoms. The number of para-hydroxylation sites is 1. The highest BCUT2D eigenvalue weighted by Crippen LogP contribution is 2.24. The van der Waals surface area contributed by atoms with Gasteiger partial charge in [-0.25, -0.2) is 4.39 Å². The SMILES string of the molecule is Cc1cccc(F)c1NC(C)c1ccnn1C. The van der Waals surface area contributed by atoms with Gasteiger partial charge >= 0.3 is 0 Å². The number of nitrogens with zero attached hydrogens (tertiary/aromatic N) is 2. The maximum atomic E-state index is 13.7. The molecule has 90 valence electrons. The number of halogens is 1. The molecule has 3 nitrogen and oxygen atoms in total. The zero-order valence-corrected chi connectivity index (χ0v) is 10.2. The summed E-state index contributed by atoms with van der Waals surface area (Å²) in [4.78, 5) is 0. The first-order valence-corrected chi connectivity index (χ1v) is 5.59. The summed E-state index contributed by atoms with van der Waals surface area (Å²) in [6.07, 6.45) is 1.74. The predicted molar refractivity (Wildman–Crippen MR) is 66.4 cm³/mol. The number of nitrogens with one attached hydrogen (secondary N) is 1. The monoisotopic (exact) mass is 233 g/mol. The standard InChI is InChI=1S/C13H16FN3/c1-9-5-4-6-11(14)13(9)16-10(2)12-7-8-15-17(12)3/h4-8,10,16H,1-3H3. The normalized spacial score (nSPS) is 12.5. The number of aromatic nitrogens is 2. The van der Waals surface area contributed by atoms with Crippen LogP contribution in [0.1, 0.15) is 24.2 Å². The first kappa shape index (κ1) is 11.6. The molecule has 17 heavy (non-hydrogen) atoms. The van der Waals surface area contributed by atoms with E-state index in [1.165, 1.54) is 6.07 Å². The lowest BCUT2D eigenvalue weighted by molar-refractivity contribution is 0.621. The van der Waals surface area contributed by atoms with Gasteiger partial charge in [-0.2, -0.15) is 5.10 Å². The van der Waals surface area contributed by atoms with Gasteiger partial charge in [0.25, 0.3) is 0 Å². The van der Waals surface area contributed by atoms with Crippen LogP contribution >= 0.6 is 0 Å². The van der Waals surface area contributed by atoms with Crippen LogP contribution in [0.5, 0.6) is 0 Å². The molecule has 0 fully saturated rings. The molecule has 1 aromatic heterocycles. The molecule has 0 saturated carbocycles. The van der Waals surface area contributed by atoms with E-state index in [0.717, 1.165) is 11.3 Å². The Morgan fingerprint density at radius 2 is 2.12 bits per heavy atom. The van der Waals surface area contributed by atoms with Crippen LogP contribution in [0.25, 0.3) is 0 Å². The summed E-state index contributed by atoms with van der Waals surface area (Å²) in [5, 5.41) is 7.29. The Morgan fingerprint density at radius 1 is 1.35 bits per heavy atom. The molecule has 0 radical (unpaired) electrons. The third kappa shape index (κ3) is 2.30. The summed E-state index contributed by atoms with van der Waals surface area (Å²) in [6, 6.07) is 7.00.